The molecule has 0 amide bonds. The summed E-state index contributed by atoms with van der Waals surface area (Å²) in [5.41, 5.74) is 5.20. The first kappa shape index (κ1) is 19.2. The van der Waals surface area contributed by atoms with Gasteiger partial charge >= 0.3 is 7.60 Å². The molecule has 0 radical (unpaired) electrons. The minimum Gasteiger partial charge on any atom is -0.383 e. The number of rotatable bonds is 6. The van der Waals surface area contributed by atoms with Crippen LogP contribution in [-0.2, 0) is 13.6 Å². The fourth-order valence-corrected chi connectivity index (χ4v) is 5.31. The van der Waals surface area contributed by atoms with Gasteiger partial charge in [0.25, 0.3) is 0 Å². The van der Waals surface area contributed by atoms with Crippen LogP contribution >= 0.6 is 18.9 Å². The summed E-state index contributed by atoms with van der Waals surface area (Å²) in [6.45, 7) is 7.67. The average Bonchev–Trinajstić information content (AvgIpc) is 3.09. The Morgan fingerprint density at radius 2 is 1.85 bits per heavy atom. The maximum atomic E-state index is 13.2. The summed E-state index contributed by atoms with van der Waals surface area (Å²) in [6, 6.07) is 8.41. The molecule has 0 saturated heterocycles. The first-order valence-corrected chi connectivity index (χ1v) is 11.3. The van der Waals surface area contributed by atoms with E-state index in [2.05, 4.69) is 45.7 Å². The normalized spacial score (nSPS) is 16.3. The zero-order valence-electron chi connectivity index (χ0n) is 15.4. The second-order valence-corrected chi connectivity index (χ2v) is 8.88. The monoisotopic (exact) mass is 392 g/mol. The Bertz CT molecular complexity index is 823. The number of hydrogen-bond acceptors (Lipinski definition) is 6. The van der Waals surface area contributed by atoms with Crippen LogP contribution in [0.1, 0.15) is 26.3 Å². The van der Waals surface area contributed by atoms with E-state index in [1.165, 1.54) is 5.56 Å². The van der Waals surface area contributed by atoms with E-state index in [0.29, 0.717) is 18.5 Å². The van der Waals surface area contributed by atoms with Gasteiger partial charge in [0.05, 0.1) is 24.2 Å². The van der Waals surface area contributed by atoms with Crippen molar-refractivity contribution in [3.05, 3.63) is 45.9 Å². The van der Waals surface area contributed by atoms with Crippen LogP contribution in [-0.4, -0.2) is 26.3 Å². The van der Waals surface area contributed by atoms with Crippen LogP contribution in [0.25, 0.3) is 16.8 Å². The van der Waals surface area contributed by atoms with Crippen molar-refractivity contribution in [2.75, 3.05) is 31.6 Å². The number of fused-ring (bicyclic) bond motifs is 1. The van der Waals surface area contributed by atoms with Crippen LogP contribution in [0.15, 0.2) is 40.3 Å². The molecule has 0 saturated carbocycles. The Morgan fingerprint density at radius 1 is 1.12 bits per heavy atom. The molecular formula is C19H25N2O3PS. The van der Waals surface area contributed by atoms with Gasteiger partial charge in [-0.05, 0) is 54.8 Å². The number of thiophene rings is 1. The Labute approximate surface area is 159 Å². The highest BCUT2D eigenvalue weighted by Gasteiger charge is 2.31. The van der Waals surface area contributed by atoms with E-state index in [1.807, 2.05) is 20.8 Å². The predicted octanol–water partition coefficient (Wildman–Crippen LogP) is 5.38. The molecule has 0 bridgehead atoms. The number of hydrogen-bond donors (Lipinski definition) is 2. The van der Waals surface area contributed by atoms with Crippen molar-refractivity contribution < 1.29 is 13.6 Å². The fraction of sp³-hybridized carbons (Fsp3) is 0.368. The summed E-state index contributed by atoms with van der Waals surface area (Å²) in [4.78, 5) is 0. The lowest BCUT2D eigenvalue weighted by Gasteiger charge is -2.22. The van der Waals surface area contributed by atoms with E-state index >= 15 is 0 Å². The predicted molar refractivity (Wildman–Crippen MR) is 110 cm³/mol. The molecule has 26 heavy (non-hydrogen) atoms. The largest absolute Gasteiger partial charge is 0.383 e. The molecule has 1 aliphatic heterocycles. The highest BCUT2D eigenvalue weighted by molar-refractivity contribution is 7.58. The summed E-state index contributed by atoms with van der Waals surface area (Å²) >= 11 is 1.68. The van der Waals surface area contributed by atoms with E-state index in [0.717, 1.165) is 35.6 Å². The van der Waals surface area contributed by atoms with Gasteiger partial charge in [0, 0.05) is 24.3 Å². The Morgan fingerprint density at radius 3 is 2.50 bits per heavy atom. The summed E-state index contributed by atoms with van der Waals surface area (Å²) < 4.78 is 24.3. The molecule has 3 rings (SSSR count). The first-order chi connectivity index (χ1) is 12.6. The lowest BCUT2D eigenvalue weighted by Crippen LogP contribution is -2.18. The molecule has 0 atom stereocenters. The average molecular weight is 392 g/mol. The molecule has 0 unspecified atom stereocenters. The zero-order valence-corrected chi connectivity index (χ0v) is 17.1. The molecule has 2 aromatic rings. The smallest absolute Gasteiger partial charge is 0.359 e. The van der Waals surface area contributed by atoms with Crippen LogP contribution in [0.3, 0.4) is 0 Å². The quantitative estimate of drug-likeness (QED) is 0.646. The third kappa shape index (κ3) is 3.89. The number of allylic oxidation sites excluding steroid dienone is 1. The van der Waals surface area contributed by atoms with Crippen LogP contribution in [0.5, 0.6) is 0 Å². The summed E-state index contributed by atoms with van der Waals surface area (Å²) in [5, 5.41) is 11.7. The van der Waals surface area contributed by atoms with Gasteiger partial charge in [-0.2, -0.15) is 11.3 Å². The summed E-state index contributed by atoms with van der Waals surface area (Å²) in [6.07, 6.45) is 0. The third-order valence-corrected chi connectivity index (χ3v) is 7.18. The SMILES string of the molecule is CCOP(=O)(OCC)C(C)=C1NCCNc2cc(-c3ccsc3)ccc21. The molecule has 1 aromatic heterocycles. The lowest BCUT2D eigenvalue weighted by molar-refractivity contribution is 0.226. The molecule has 5 nitrogen and oxygen atoms in total. The van der Waals surface area contributed by atoms with Crippen LogP contribution in [0.4, 0.5) is 5.69 Å². The number of benzene rings is 1. The minimum atomic E-state index is -3.32. The fourth-order valence-electron chi connectivity index (χ4n) is 3.03. The van der Waals surface area contributed by atoms with Crippen molar-refractivity contribution in [2.24, 2.45) is 0 Å². The van der Waals surface area contributed by atoms with Gasteiger partial charge in [-0.3, -0.25) is 4.57 Å². The Kier molecular flexibility index (Phi) is 6.20. The van der Waals surface area contributed by atoms with Gasteiger partial charge in [-0.25, -0.2) is 0 Å². The van der Waals surface area contributed by atoms with Crippen molar-refractivity contribution in [2.45, 2.75) is 20.8 Å². The second kappa shape index (κ2) is 8.40. The zero-order chi connectivity index (χ0) is 18.6. The van der Waals surface area contributed by atoms with Gasteiger partial charge in [-0.1, -0.05) is 12.1 Å². The minimum absolute atomic E-state index is 0.337. The highest BCUT2D eigenvalue weighted by atomic mass is 32.1. The van der Waals surface area contributed by atoms with Crippen molar-refractivity contribution in [3.63, 3.8) is 0 Å². The second-order valence-electron chi connectivity index (χ2n) is 5.92. The summed E-state index contributed by atoms with van der Waals surface area (Å²) in [7, 11) is -3.32. The molecule has 1 aliphatic rings. The topological polar surface area (TPSA) is 59.6 Å². The highest BCUT2D eigenvalue weighted by Crippen LogP contribution is 2.58. The third-order valence-electron chi connectivity index (χ3n) is 4.26. The van der Waals surface area contributed by atoms with Crippen molar-refractivity contribution in [1.29, 1.82) is 0 Å². The molecule has 7 heteroatoms. The molecule has 1 aromatic carbocycles. The Hall–Kier alpha value is -1.59. The molecule has 0 spiro atoms. The molecule has 140 valence electrons. The molecule has 2 N–H and O–H groups in total. The molecule has 0 fully saturated rings. The molecular weight excluding hydrogens is 367 g/mol. The van der Waals surface area contributed by atoms with Crippen molar-refractivity contribution in [1.82, 2.24) is 5.32 Å². The van der Waals surface area contributed by atoms with Crippen LogP contribution in [0.2, 0.25) is 0 Å². The number of nitrogens with one attached hydrogen (secondary N) is 2. The van der Waals surface area contributed by atoms with Crippen LogP contribution in [0, 0.1) is 0 Å². The van der Waals surface area contributed by atoms with Crippen molar-refractivity contribution in [3.8, 4) is 11.1 Å². The van der Waals surface area contributed by atoms with E-state index in [1.54, 1.807) is 11.3 Å². The maximum absolute atomic E-state index is 13.2. The first-order valence-electron chi connectivity index (χ1n) is 8.84. The standard InChI is InChI=1S/C19H25N2O3PS/c1-4-23-25(22,24-5-2)14(3)19-17-7-6-15(16-8-11-26-13-16)12-18(17)20-9-10-21-19/h6-8,11-13,20-21H,4-5,9-10H2,1-3H3. The van der Waals surface area contributed by atoms with E-state index < -0.39 is 7.60 Å². The molecule has 0 aliphatic carbocycles. The molecule has 2 heterocycles. The van der Waals surface area contributed by atoms with Crippen molar-refractivity contribution >= 4 is 30.3 Å². The van der Waals surface area contributed by atoms with E-state index in [-0.39, 0.29) is 0 Å². The van der Waals surface area contributed by atoms with Crippen LogP contribution < -0.4 is 10.6 Å². The van der Waals surface area contributed by atoms with Gasteiger partial charge in [0.1, 0.15) is 0 Å². The summed E-state index contributed by atoms with van der Waals surface area (Å²) in [5.74, 6) is 0. The van der Waals surface area contributed by atoms with Gasteiger partial charge in [-0.15, -0.1) is 0 Å². The van der Waals surface area contributed by atoms with E-state index in [9.17, 15) is 4.57 Å². The Balaban J connectivity index is 2.08. The number of anilines is 1. The lowest BCUT2D eigenvalue weighted by atomic mass is 10.0. The van der Waals surface area contributed by atoms with Gasteiger partial charge < -0.3 is 19.7 Å². The van der Waals surface area contributed by atoms with E-state index in [4.69, 9.17) is 9.05 Å². The maximum Gasteiger partial charge on any atom is 0.359 e. The van der Waals surface area contributed by atoms with Gasteiger partial charge in [0.2, 0.25) is 0 Å². The van der Waals surface area contributed by atoms with Gasteiger partial charge in [0.15, 0.2) is 0 Å².